The highest BCUT2D eigenvalue weighted by molar-refractivity contribution is 5.87. The van der Waals surface area contributed by atoms with Crippen molar-refractivity contribution < 1.29 is 19.4 Å². The highest BCUT2D eigenvalue weighted by Gasteiger charge is 2.12. The lowest BCUT2D eigenvalue weighted by molar-refractivity contribution is 0.0697. The van der Waals surface area contributed by atoms with Crippen molar-refractivity contribution in [2.45, 2.75) is 12.3 Å². The molecule has 118 valence electrons. The fraction of sp³-hybridized carbons (Fsp3) is 0.222. The minimum atomic E-state index is -0.979. The summed E-state index contributed by atoms with van der Waals surface area (Å²) >= 11 is 0. The van der Waals surface area contributed by atoms with Crippen LogP contribution >= 0.6 is 0 Å². The zero-order valence-electron chi connectivity index (χ0n) is 12.7. The maximum absolute atomic E-state index is 10.8. The number of methoxy groups -OCH3 is 1. The molecule has 0 bridgehead atoms. The van der Waals surface area contributed by atoms with Crippen LogP contribution in [-0.4, -0.2) is 24.8 Å². The Hall–Kier alpha value is -3.00. The van der Waals surface area contributed by atoms with Crippen LogP contribution in [0, 0.1) is 11.3 Å². The van der Waals surface area contributed by atoms with Crippen molar-refractivity contribution in [3.63, 3.8) is 0 Å². The van der Waals surface area contributed by atoms with Gasteiger partial charge in [0.2, 0.25) is 0 Å². The molecule has 2 aromatic rings. The summed E-state index contributed by atoms with van der Waals surface area (Å²) in [6.07, 6.45) is 0.523. The molecular weight excluding hydrogens is 294 g/mol. The summed E-state index contributed by atoms with van der Waals surface area (Å²) in [5.41, 5.74) is 0.996. The number of hydrogen-bond donors (Lipinski definition) is 1. The van der Waals surface area contributed by atoms with Crippen molar-refractivity contribution in [2.75, 3.05) is 13.7 Å². The van der Waals surface area contributed by atoms with Crippen LogP contribution in [0.15, 0.2) is 48.5 Å². The smallest absolute Gasteiger partial charge is 0.335 e. The molecular formula is C18H17NO4. The number of nitrogens with zero attached hydrogens (tertiary/aromatic N) is 1. The third-order valence-electron chi connectivity index (χ3n) is 3.45. The summed E-state index contributed by atoms with van der Waals surface area (Å²) in [4.78, 5) is 10.8. The van der Waals surface area contributed by atoms with Crippen molar-refractivity contribution in [2.24, 2.45) is 0 Å². The van der Waals surface area contributed by atoms with Crippen molar-refractivity contribution in [1.82, 2.24) is 0 Å². The molecule has 0 aliphatic rings. The average Bonchev–Trinajstić information content (AvgIpc) is 2.59. The van der Waals surface area contributed by atoms with Gasteiger partial charge in [0.15, 0.2) is 0 Å². The minimum absolute atomic E-state index is 0.208. The van der Waals surface area contributed by atoms with Crippen LogP contribution < -0.4 is 9.47 Å². The van der Waals surface area contributed by atoms with Gasteiger partial charge in [-0.15, -0.1) is 0 Å². The zero-order valence-corrected chi connectivity index (χ0v) is 12.7. The Morgan fingerprint density at radius 1 is 1.13 bits per heavy atom. The Labute approximate surface area is 134 Å². The largest absolute Gasteiger partial charge is 0.497 e. The second-order valence-corrected chi connectivity index (χ2v) is 4.92. The molecule has 0 heterocycles. The molecule has 1 unspecified atom stereocenters. The van der Waals surface area contributed by atoms with Gasteiger partial charge in [-0.25, -0.2) is 4.79 Å². The molecule has 0 aromatic heterocycles. The number of nitriles is 1. The molecule has 1 atom stereocenters. The summed E-state index contributed by atoms with van der Waals surface area (Å²) < 4.78 is 10.7. The lowest BCUT2D eigenvalue weighted by Gasteiger charge is -2.11. The SMILES string of the molecule is COc1ccc(OCCC(C#N)c2ccc(C(=O)O)cc2)cc1. The van der Waals surface area contributed by atoms with Crippen molar-refractivity contribution in [3.05, 3.63) is 59.7 Å². The fourth-order valence-electron chi connectivity index (χ4n) is 2.13. The van der Waals surface area contributed by atoms with E-state index in [4.69, 9.17) is 14.6 Å². The van der Waals surface area contributed by atoms with E-state index in [1.807, 2.05) is 24.3 Å². The van der Waals surface area contributed by atoms with Crippen LogP contribution in [0.1, 0.15) is 28.3 Å². The molecule has 0 radical (unpaired) electrons. The maximum atomic E-state index is 10.8. The number of ether oxygens (including phenoxy) is 2. The summed E-state index contributed by atoms with van der Waals surface area (Å²) in [7, 11) is 1.60. The average molecular weight is 311 g/mol. The Morgan fingerprint density at radius 2 is 1.74 bits per heavy atom. The first-order valence-electron chi connectivity index (χ1n) is 7.13. The second kappa shape index (κ2) is 7.85. The van der Waals surface area contributed by atoms with E-state index in [-0.39, 0.29) is 11.5 Å². The van der Waals surface area contributed by atoms with Gasteiger partial charge in [0, 0.05) is 6.42 Å². The van der Waals surface area contributed by atoms with Gasteiger partial charge in [0.1, 0.15) is 11.5 Å². The van der Waals surface area contributed by atoms with Gasteiger partial charge in [-0.3, -0.25) is 0 Å². The van der Waals surface area contributed by atoms with E-state index >= 15 is 0 Å². The minimum Gasteiger partial charge on any atom is -0.497 e. The van der Waals surface area contributed by atoms with E-state index in [9.17, 15) is 10.1 Å². The molecule has 0 aliphatic heterocycles. The van der Waals surface area contributed by atoms with Crippen molar-refractivity contribution in [3.8, 4) is 17.6 Å². The van der Waals surface area contributed by atoms with E-state index in [1.54, 1.807) is 19.2 Å². The van der Waals surface area contributed by atoms with E-state index in [0.29, 0.717) is 18.8 Å². The number of benzene rings is 2. The first kappa shape index (κ1) is 16.4. The highest BCUT2D eigenvalue weighted by Crippen LogP contribution is 2.21. The lowest BCUT2D eigenvalue weighted by atomic mass is 9.96. The monoisotopic (exact) mass is 311 g/mol. The fourth-order valence-corrected chi connectivity index (χ4v) is 2.13. The molecule has 0 fully saturated rings. The van der Waals surface area contributed by atoms with E-state index in [2.05, 4.69) is 6.07 Å². The third kappa shape index (κ3) is 4.48. The number of carbonyl (C=O) groups is 1. The van der Waals surface area contributed by atoms with Crippen LogP contribution in [0.5, 0.6) is 11.5 Å². The van der Waals surface area contributed by atoms with E-state index in [1.165, 1.54) is 12.1 Å². The molecule has 0 saturated heterocycles. The number of aromatic carboxylic acids is 1. The highest BCUT2D eigenvalue weighted by atomic mass is 16.5. The number of hydrogen-bond acceptors (Lipinski definition) is 4. The van der Waals surface area contributed by atoms with Crippen molar-refractivity contribution in [1.29, 1.82) is 5.26 Å². The predicted octanol–water partition coefficient (Wildman–Crippen LogP) is 3.47. The topological polar surface area (TPSA) is 79.5 Å². The molecule has 5 nitrogen and oxygen atoms in total. The Balaban J connectivity index is 1.91. The van der Waals surface area contributed by atoms with Gasteiger partial charge in [-0.1, -0.05) is 12.1 Å². The lowest BCUT2D eigenvalue weighted by Crippen LogP contribution is -2.05. The van der Waals surface area contributed by atoms with Gasteiger partial charge in [0.25, 0.3) is 0 Å². The Kier molecular flexibility index (Phi) is 5.59. The van der Waals surface area contributed by atoms with Crippen LogP contribution in [-0.2, 0) is 0 Å². The van der Waals surface area contributed by atoms with Gasteiger partial charge in [-0.05, 0) is 42.0 Å². The summed E-state index contributed by atoms with van der Waals surface area (Å²) in [6.45, 7) is 0.394. The summed E-state index contributed by atoms with van der Waals surface area (Å²) in [6, 6.07) is 15.8. The molecule has 23 heavy (non-hydrogen) atoms. The Bertz CT molecular complexity index is 686. The standard InChI is InChI=1S/C18H17NO4/c1-22-16-6-8-17(9-7-16)23-11-10-15(12-19)13-2-4-14(5-3-13)18(20)21/h2-9,15H,10-11H2,1H3,(H,20,21). The normalized spacial score (nSPS) is 11.3. The quantitative estimate of drug-likeness (QED) is 0.847. The van der Waals surface area contributed by atoms with Gasteiger partial charge in [-0.2, -0.15) is 5.26 Å². The van der Waals surface area contributed by atoms with E-state index in [0.717, 1.165) is 11.3 Å². The first-order chi connectivity index (χ1) is 11.1. The molecule has 2 rings (SSSR count). The van der Waals surface area contributed by atoms with Gasteiger partial charge >= 0.3 is 5.97 Å². The van der Waals surface area contributed by atoms with Crippen LogP contribution in [0.25, 0.3) is 0 Å². The molecule has 2 aromatic carbocycles. The molecule has 5 heteroatoms. The van der Waals surface area contributed by atoms with Crippen LogP contribution in [0.4, 0.5) is 0 Å². The number of carboxylic acids is 1. The predicted molar refractivity (Wildman–Crippen MR) is 84.9 cm³/mol. The van der Waals surface area contributed by atoms with E-state index < -0.39 is 5.97 Å². The molecule has 0 aliphatic carbocycles. The molecule has 0 amide bonds. The number of rotatable bonds is 7. The first-order valence-corrected chi connectivity index (χ1v) is 7.13. The zero-order chi connectivity index (χ0) is 16.7. The van der Waals surface area contributed by atoms with Crippen LogP contribution in [0.3, 0.4) is 0 Å². The van der Waals surface area contributed by atoms with Crippen LogP contribution in [0.2, 0.25) is 0 Å². The maximum Gasteiger partial charge on any atom is 0.335 e. The summed E-state index contributed by atoms with van der Waals surface area (Å²) in [5.74, 6) is 0.151. The molecule has 1 N–H and O–H groups in total. The summed E-state index contributed by atoms with van der Waals surface area (Å²) in [5, 5.41) is 18.2. The van der Waals surface area contributed by atoms with Gasteiger partial charge in [0.05, 0.1) is 31.3 Å². The number of carboxylic acid groups (broad SMARTS) is 1. The molecule has 0 spiro atoms. The second-order valence-electron chi connectivity index (χ2n) is 4.92. The third-order valence-corrected chi connectivity index (χ3v) is 3.45. The van der Waals surface area contributed by atoms with Gasteiger partial charge < -0.3 is 14.6 Å². The Morgan fingerprint density at radius 3 is 2.26 bits per heavy atom. The molecule has 0 saturated carbocycles. The van der Waals surface area contributed by atoms with Crippen molar-refractivity contribution >= 4 is 5.97 Å².